The molecular weight excluding hydrogens is 262 g/mol. The molecule has 0 saturated heterocycles. The molecule has 0 bridgehead atoms. The fourth-order valence-electron chi connectivity index (χ4n) is 1.67. The van der Waals surface area contributed by atoms with Gasteiger partial charge < -0.3 is 19.6 Å². The molecule has 0 aliphatic rings. The van der Waals surface area contributed by atoms with Crippen LogP contribution in [0.15, 0.2) is 41.3 Å². The SMILES string of the molecule is COc1ccccc1COc1c[nH]c(C(=O)O)cc1=O. The summed E-state index contributed by atoms with van der Waals surface area (Å²) in [5.74, 6) is -0.481. The summed E-state index contributed by atoms with van der Waals surface area (Å²) in [5.41, 5.74) is 0.118. The van der Waals surface area contributed by atoms with Crippen LogP contribution < -0.4 is 14.9 Å². The van der Waals surface area contributed by atoms with Crippen molar-refractivity contribution in [2.45, 2.75) is 6.61 Å². The third kappa shape index (κ3) is 2.97. The molecule has 6 nitrogen and oxygen atoms in total. The monoisotopic (exact) mass is 275 g/mol. The van der Waals surface area contributed by atoms with Crippen LogP contribution in [0.2, 0.25) is 0 Å². The predicted octanol–water partition coefficient (Wildman–Crippen LogP) is 1.66. The Kier molecular flexibility index (Phi) is 4.05. The minimum atomic E-state index is -1.20. The fourth-order valence-corrected chi connectivity index (χ4v) is 1.67. The molecule has 0 aliphatic heterocycles. The Morgan fingerprint density at radius 2 is 2.05 bits per heavy atom. The molecule has 0 aliphatic carbocycles. The van der Waals surface area contributed by atoms with Crippen LogP contribution in [0.5, 0.6) is 11.5 Å². The molecule has 1 heterocycles. The number of ether oxygens (including phenoxy) is 2. The van der Waals surface area contributed by atoms with Gasteiger partial charge in [-0.1, -0.05) is 18.2 Å². The van der Waals surface area contributed by atoms with Crippen molar-refractivity contribution in [3.8, 4) is 11.5 Å². The van der Waals surface area contributed by atoms with Gasteiger partial charge in [-0.15, -0.1) is 0 Å². The van der Waals surface area contributed by atoms with Crippen molar-refractivity contribution in [3.63, 3.8) is 0 Å². The smallest absolute Gasteiger partial charge is 0.352 e. The number of para-hydroxylation sites is 1. The molecule has 0 amide bonds. The lowest BCUT2D eigenvalue weighted by atomic mass is 10.2. The maximum Gasteiger partial charge on any atom is 0.352 e. The molecule has 20 heavy (non-hydrogen) atoms. The Bertz CT molecular complexity index is 677. The molecule has 0 saturated carbocycles. The van der Waals surface area contributed by atoms with E-state index in [1.807, 2.05) is 18.2 Å². The highest BCUT2D eigenvalue weighted by atomic mass is 16.5. The number of H-pyrrole nitrogens is 1. The molecule has 0 atom stereocenters. The summed E-state index contributed by atoms with van der Waals surface area (Å²) >= 11 is 0. The first-order valence-electron chi connectivity index (χ1n) is 5.82. The van der Waals surface area contributed by atoms with E-state index in [1.165, 1.54) is 6.20 Å². The Morgan fingerprint density at radius 1 is 1.30 bits per heavy atom. The first-order valence-corrected chi connectivity index (χ1v) is 5.82. The van der Waals surface area contributed by atoms with E-state index < -0.39 is 11.4 Å². The average molecular weight is 275 g/mol. The molecule has 1 aromatic carbocycles. The maximum atomic E-state index is 11.7. The molecule has 0 spiro atoms. The lowest BCUT2D eigenvalue weighted by molar-refractivity contribution is 0.0690. The number of hydrogen-bond acceptors (Lipinski definition) is 4. The van der Waals surface area contributed by atoms with Crippen LogP contribution in [0.3, 0.4) is 0 Å². The van der Waals surface area contributed by atoms with E-state index in [0.29, 0.717) is 5.75 Å². The minimum Gasteiger partial charge on any atom is -0.496 e. The van der Waals surface area contributed by atoms with E-state index in [1.54, 1.807) is 13.2 Å². The van der Waals surface area contributed by atoms with Crippen LogP contribution in [0.1, 0.15) is 16.1 Å². The zero-order valence-corrected chi connectivity index (χ0v) is 10.8. The summed E-state index contributed by atoms with van der Waals surface area (Å²) in [4.78, 5) is 24.9. The van der Waals surface area contributed by atoms with Gasteiger partial charge in [-0.25, -0.2) is 4.79 Å². The molecule has 2 aromatic rings. The van der Waals surface area contributed by atoms with Gasteiger partial charge in [-0.3, -0.25) is 4.79 Å². The van der Waals surface area contributed by atoms with Gasteiger partial charge in [0.2, 0.25) is 5.43 Å². The Hall–Kier alpha value is -2.76. The van der Waals surface area contributed by atoms with E-state index in [9.17, 15) is 9.59 Å². The van der Waals surface area contributed by atoms with E-state index >= 15 is 0 Å². The first kappa shape index (κ1) is 13.7. The lowest BCUT2D eigenvalue weighted by Crippen LogP contribution is -2.12. The second-order valence-electron chi connectivity index (χ2n) is 3.98. The van der Waals surface area contributed by atoms with E-state index in [4.69, 9.17) is 14.6 Å². The second kappa shape index (κ2) is 5.92. The quantitative estimate of drug-likeness (QED) is 0.866. The zero-order valence-electron chi connectivity index (χ0n) is 10.8. The van der Waals surface area contributed by atoms with Crippen molar-refractivity contribution < 1.29 is 19.4 Å². The first-order chi connectivity index (χ1) is 9.61. The number of methoxy groups -OCH3 is 1. The van der Waals surface area contributed by atoms with Crippen molar-refractivity contribution >= 4 is 5.97 Å². The minimum absolute atomic E-state index is 0.0564. The number of carbonyl (C=O) groups is 1. The number of rotatable bonds is 5. The number of aromatic nitrogens is 1. The van der Waals surface area contributed by atoms with Gasteiger partial charge in [0.1, 0.15) is 18.1 Å². The number of pyridine rings is 1. The summed E-state index contributed by atoms with van der Waals surface area (Å²) in [7, 11) is 1.55. The zero-order chi connectivity index (χ0) is 14.5. The molecule has 0 fully saturated rings. The summed E-state index contributed by atoms with van der Waals surface area (Å²) in [6.07, 6.45) is 1.24. The number of carboxylic acids is 1. The maximum absolute atomic E-state index is 11.7. The third-order valence-electron chi connectivity index (χ3n) is 2.68. The van der Waals surface area contributed by atoms with Crippen molar-refractivity contribution in [1.29, 1.82) is 0 Å². The van der Waals surface area contributed by atoms with Crippen LogP contribution in [-0.4, -0.2) is 23.2 Å². The molecule has 2 N–H and O–H groups in total. The van der Waals surface area contributed by atoms with Crippen molar-refractivity contribution in [3.05, 3.63) is 58.0 Å². The van der Waals surface area contributed by atoms with Crippen LogP contribution in [-0.2, 0) is 6.61 Å². The largest absolute Gasteiger partial charge is 0.496 e. The van der Waals surface area contributed by atoms with Crippen molar-refractivity contribution in [2.24, 2.45) is 0 Å². The Balaban J connectivity index is 2.15. The van der Waals surface area contributed by atoms with Crippen LogP contribution >= 0.6 is 0 Å². The summed E-state index contributed by atoms with van der Waals surface area (Å²) < 4.78 is 10.6. The molecule has 6 heteroatoms. The van der Waals surface area contributed by atoms with Gasteiger partial charge in [-0.2, -0.15) is 0 Å². The van der Waals surface area contributed by atoms with Gasteiger partial charge in [0.05, 0.1) is 7.11 Å². The van der Waals surface area contributed by atoms with Gasteiger partial charge in [0.15, 0.2) is 5.75 Å². The summed E-state index contributed by atoms with van der Waals surface area (Å²) in [6, 6.07) is 8.25. The third-order valence-corrected chi connectivity index (χ3v) is 2.68. The number of aromatic carboxylic acids is 1. The molecule has 0 unspecified atom stereocenters. The Labute approximate surface area is 114 Å². The van der Waals surface area contributed by atoms with Gasteiger partial charge in [0, 0.05) is 17.8 Å². The van der Waals surface area contributed by atoms with Gasteiger partial charge in [-0.05, 0) is 6.07 Å². The molecule has 2 rings (SSSR count). The molecular formula is C14H13NO5. The highest BCUT2D eigenvalue weighted by Crippen LogP contribution is 2.18. The highest BCUT2D eigenvalue weighted by Gasteiger charge is 2.09. The molecule has 0 radical (unpaired) electrons. The van der Waals surface area contributed by atoms with Crippen molar-refractivity contribution in [2.75, 3.05) is 7.11 Å². The van der Waals surface area contributed by atoms with Gasteiger partial charge >= 0.3 is 5.97 Å². The molecule has 1 aromatic heterocycles. The summed E-state index contributed by atoms with van der Waals surface area (Å²) in [5, 5.41) is 8.75. The average Bonchev–Trinajstić information content (AvgIpc) is 2.46. The highest BCUT2D eigenvalue weighted by molar-refractivity contribution is 5.85. The Morgan fingerprint density at radius 3 is 2.70 bits per heavy atom. The van der Waals surface area contributed by atoms with E-state index in [2.05, 4.69) is 4.98 Å². The lowest BCUT2D eigenvalue weighted by Gasteiger charge is -2.09. The fraction of sp³-hybridized carbons (Fsp3) is 0.143. The van der Waals surface area contributed by atoms with Gasteiger partial charge in [0.25, 0.3) is 0 Å². The predicted molar refractivity (Wildman–Crippen MR) is 71.3 cm³/mol. The number of nitrogens with one attached hydrogen (secondary N) is 1. The molecule has 104 valence electrons. The van der Waals surface area contributed by atoms with E-state index in [-0.39, 0.29) is 18.1 Å². The van der Waals surface area contributed by atoms with Crippen LogP contribution in [0.4, 0.5) is 0 Å². The van der Waals surface area contributed by atoms with Crippen LogP contribution in [0.25, 0.3) is 0 Å². The van der Waals surface area contributed by atoms with Crippen molar-refractivity contribution in [1.82, 2.24) is 4.98 Å². The second-order valence-corrected chi connectivity index (χ2v) is 3.98. The number of hydrogen-bond donors (Lipinski definition) is 2. The number of benzene rings is 1. The standard InChI is InChI=1S/C14H13NO5/c1-19-12-5-3-2-4-9(12)8-20-13-7-15-10(14(17)18)6-11(13)16/h2-7H,8H2,1H3,(H,15,16)(H,17,18). The summed E-state index contributed by atoms with van der Waals surface area (Å²) in [6.45, 7) is 0.152. The normalized spacial score (nSPS) is 10.1. The topological polar surface area (TPSA) is 88.6 Å². The number of aromatic amines is 1. The number of carboxylic acid groups (broad SMARTS) is 1. The van der Waals surface area contributed by atoms with Crippen LogP contribution in [0, 0.1) is 0 Å². The van der Waals surface area contributed by atoms with E-state index in [0.717, 1.165) is 11.6 Å².